The number of nitrogens with one attached hydrogen (secondary N) is 1. The predicted octanol–water partition coefficient (Wildman–Crippen LogP) is 1.36. The molecule has 0 bridgehead atoms. The minimum Gasteiger partial charge on any atom is -0.363 e. The van der Waals surface area contributed by atoms with Crippen molar-refractivity contribution in [1.82, 2.24) is 4.98 Å². The van der Waals surface area contributed by atoms with Crippen LogP contribution in [-0.4, -0.2) is 33.4 Å². The number of aryl methyl sites for hydroxylation is 1. The molecule has 0 aliphatic carbocycles. The van der Waals surface area contributed by atoms with E-state index in [0.717, 1.165) is 5.82 Å². The Labute approximate surface area is 135 Å². The highest BCUT2D eigenvalue weighted by Crippen LogP contribution is 2.17. The van der Waals surface area contributed by atoms with Crippen LogP contribution in [0.4, 0.5) is 11.5 Å². The SMILES string of the molecule is Cc1ccc(S(N)(=O)=O)cc1C(=O)Nc1ccc(N(C)C)nc1. The summed E-state index contributed by atoms with van der Waals surface area (Å²) >= 11 is 0. The number of carbonyl (C=O) groups is 1. The van der Waals surface area contributed by atoms with Crippen LogP contribution in [0.15, 0.2) is 41.4 Å². The highest BCUT2D eigenvalue weighted by Gasteiger charge is 2.15. The molecule has 7 nitrogen and oxygen atoms in total. The highest BCUT2D eigenvalue weighted by atomic mass is 32.2. The summed E-state index contributed by atoms with van der Waals surface area (Å²) in [7, 11) is -0.134. The first-order valence-corrected chi connectivity index (χ1v) is 8.31. The Balaban J connectivity index is 2.27. The van der Waals surface area contributed by atoms with E-state index in [0.29, 0.717) is 11.3 Å². The number of benzene rings is 1. The fourth-order valence-corrected chi connectivity index (χ4v) is 2.49. The summed E-state index contributed by atoms with van der Waals surface area (Å²) in [5.74, 6) is 0.336. The van der Waals surface area contributed by atoms with Crippen LogP contribution in [0.1, 0.15) is 15.9 Å². The number of amides is 1. The van der Waals surface area contributed by atoms with Gasteiger partial charge in [0.25, 0.3) is 5.91 Å². The third kappa shape index (κ3) is 4.05. The second-order valence-electron chi connectivity index (χ2n) is 5.28. The van der Waals surface area contributed by atoms with E-state index in [2.05, 4.69) is 10.3 Å². The van der Waals surface area contributed by atoms with Crippen molar-refractivity contribution in [2.45, 2.75) is 11.8 Å². The van der Waals surface area contributed by atoms with Crippen molar-refractivity contribution in [3.05, 3.63) is 47.7 Å². The zero-order chi connectivity index (χ0) is 17.2. The number of pyridine rings is 1. The molecule has 2 aromatic rings. The predicted molar refractivity (Wildman–Crippen MR) is 89.1 cm³/mol. The fourth-order valence-electron chi connectivity index (χ4n) is 1.95. The first-order chi connectivity index (χ1) is 10.7. The van der Waals surface area contributed by atoms with Crippen LogP contribution in [0.2, 0.25) is 0 Å². The molecule has 23 heavy (non-hydrogen) atoms. The highest BCUT2D eigenvalue weighted by molar-refractivity contribution is 7.89. The van der Waals surface area contributed by atoms with Gasteiger partial charge in [0.15, 0.2) is 0 Å². The molecule has 3 N–H and O–H groups in total. The van der Waals surface area contributed by atoms with Gasteiger partial charge in [-0.05, 0) is 36.8 Å². The standard InChI is InChI=1S/C15H18N4O3S/c1-10-4-6-12(23(16,21)22)8-13(10)15(20)18-11-5-7-14(17-9-11)19(2)3/h4-9H,1-3H3,(H,18,20)(H2,16,21,22). The van der Waals surface area contributed by atoms with Crippen molar-refractivity contribution >= 4 is 27.4 Å². The molecule has 8 heteroatoms. The molecule has 1 amide bonds. The van der Waals surface area contributed by atoms with Gasteiger partial charge in [-0.2, -0.15) is 0 Å². The molecular weight excluding hydrogens is 316 g/mol. The summed E-state index contributed by atoms with van der Waals surface area (Å²) < 4.78 is 22.8. The fraction of sp³-hybridized carbons (Fsp3) is 0.200. The summed E-state index contributed by atoms with van der Waals surface area (Å²) in [6, 6.07) is 7.67. The van der Waals surface area contributed by atoms with Crippen LogP contribution < -0.4 is 15.4 Å². The Bertz CT molecular complexity index is 830. The van der Waals surface area contributed by atoms with Crippen LogP contribution >= 0.6 is 0 Å². The van der Waals surface area contributed by atoms with E-state index >= 15 is 0 Å². The maximum Gasteiger partial charge on any atom is 0.256 e. The minimum absolute atomic E-state index is 0.102. The number of nitrogens with zero attached hydrogens (tertiary/aromatic N) is 2. The number of sulfonamides is 1. The molecule has 2 rings (SSSR count). The number of carbonyl (C=O) groups excluding carboxylic acids is 1. The monoisotopic (exact) mass is 334 g/mol. The smallest absolute Gasteiger partial charge is 0.256 e. The molecule has 1 heterocycles. The minimum atomic E-state index is -3.86. The molecule has 0 radical (unpaired) electrons. The number of anilines is 2. The quantitative estimate of drug-likeness (QED) is 0.878. The Hall–Kier alpha value is -2.45. The zero-order valence-electron chi connectivity index (χ0n) is 13.1. The lowest BCUT2D eigenvalue weighted by atomic mass is 10.1. The third-order valence-corrected chi connectivity index (χ3v) is 4.16. The Kier molecular flexibility index (Phi) is 4.67. The third-order valence-electron chi connectivity index (χ3n) is 3.25. The normalized spacial score (nSPS) is 11.1. The van der Waals surface area contributed by atoms with Gasteiger partial charge < -0.3 is 10.2 Å². The lowest BCUT2D eigenvalue weighted by molar-refractivity contribution is 0.102. The van der Waals surface area contributed by atoms with Gasteiger partial charge in [-0.25, -0.2) is 18.5 Å². The van der Waals surface area contributed by atoms with E-state index in [1.807, 2.05) is 19.0 Å². The van der Waals surface area contributed by atoms with Crippen molar-refractivity contribution in [2.24, 2.45) is 5.14 Å². The average Bonchev–Trinajstić information content (AvgIpc) is 2.46. The second-order valence-corrected chi connectivity index (χ2v) is 6.84. The number of aromatic nitrogens is 1. The van der Waals surface area contributed by atoms with Crippen molar-refractivity contribution in [2.75, 3.05) is 24.3 Å². The van der Waals surface area contributed by atoms with Gasteiger partial charge >= 0.3 is 0 Å². The first kappa shape index (κ1) is 16.9. The van der Waals surface area contributed by atoms with E-state index in [9.17, 15) is 13.2 Å². The topological polar surface area (TPSA) is 105 Å². The number of nitrogens with two attached hydrogens (primary N) is 1. The van der Waals surface area contributed by atoms with Crippen molar-refractivity contribution < 1.29 is 13.2 Å². The summed E-state index contributed by atoms with van der Waals surface area (Å²) in [6.45, 7) is 1.72. The molecular formula is C15H18N4O3S. The molecule has 1 aromatic heterocycles. The van der Waals surface area contributed by atoms with Crippen LogP contribution in [-0.2, 0) is 10.0 Å². The molecule has 0 unspecified atom stereocenters. The summed E-state index contributed by atoms with van der Waals surface area (Å²) in [5, 5.41) is 7.79. The molecule has 0 saturated heterocycles. The van der Waals surface area contributed by atoms with Gasteiger partial charge in [-0.3, -0.25) is 4.79 Å². The van der Waals surface area contributed by atoms with Crippen molar-refractivity contribution in [3.8, 4) is 0 Å². The Morgan fingerprint density at radius 2 is 1.91 bits per heavy atom. The van der Waals surface area contributed by atoms with Gasteiger partial charge in [0.1, 0.15) is 5.82 Å². The number of hydrogen-bond acceptors (Lipinski definition) is 5. The average molecular weight is 334 g/mol. The second kappa shape index (κ2) is 6.35. The molecule has 1 aromatic carbocycles. The van der Waals surface area contributed by atoms with E-state index < -0.39 is 15.9 Å². The maximum atomic E-state index is 12.3. The van der Waals surface area contributed by atoms with Gasteiger partial charge in [0.2, 0.25) is 10.0 Å². The van der Waals surface area contributed by atoms with E-state index in [4.69, 9.17) is 5.14 Å². The first-order valence-electron chi connectivity index (χ1n) is 6.76. The molecule has 0 fully saturated rings. The van der Waals surface area contributed by atoms with Crippen LogP contribution in [0, 0.1) is 6.92 Å². The number of rotatable bonds is 4. The van der Waals surface area contributed by atoms with E-state index in [1.165, 1.54) is 18.3 Å². The largest absolute Gasteiger partial charge is 0.363 e. The maximum absolute atomic E-state index is 12.3. The lowest BCUT2D eigenvalue weighted by Crippen LogP contribution is -2.17. The van der Waals surface area contributed by atoms with Gasteiger partial charge in [-0.15, -0.1) is 0 Å². The van der Waals surface area contributed by atoms with Crippen molar-refractivity contribution in [3.63, 3.8) is 0 Å². The van der Waals surface area contributed by atoms with E-state index in [-0.39, 0.29) is 10.5 Å². The van der Waals surface area contributed by atoms with Gasteiger partial charge in [-0.1, -0.05) is 6.07 Å². The summed E-state index contributed by atoms with van der Waals surface area (Å²) in [6.07, 6.45) is 1.53. The summed E-state index contributed by atoms with van der Waals surface area (Å²) in [4.78, 5) is 18.3. The Morgan fingerprint density at radius 1 is 1.22 bits per heavy atom. The van der Waals surface area contributed by atoms with Gasteiger partial charge in [0, 0.05) is 19.7 Å². The molecule has 0 atom stereocenters. The Morgan fingerprint density at radius 3 is 2.43 bits per heavy atom. The van der Waals surface area contributed by atoms with E-state index in [1.54, 1.807) is 25.1 Å². The molecule has 0 spiro atoms. The van der Waals surface area contributed by atoms with Crippen LogP contribution in [0.5, 0.6) is 0 Å². The summed E-state index contributed by atoms with van der Waals surface area (Å²) in [5.41, 5.74) is 1.40. The number of primary sulfonamides is 1. The molecule has 122 valence electrons. The zero-order valence-corrected chi connectivity index (χ0v) is 13.9. The van der Waals surface area contributed by atoms with Crippen molar-refractivity contribution in [1.29, 1.82) is 0 Å². The van der Waals surface area contributed by atoms with Crippen LogP contribution in [0.3, 0.4) is 0 Å². The molecule has 0 aliphatic rings. The molecule has 0 aliphatic heterocycles. The van der Waals surface area contributed by atoms with Crippen LogP contribution in [0.25, 0.3) is 0 Å². The molecule has 0 saturated carbocycles. The lowest BCUT2D eigenvalue weighted by Gasteiger charge is -2.12. The number of hydrogen-bond donors (Lipinski definition) is 2. The van der Waals surface area contributed by atoms with Gasteiger partial charge in [0.05, 0.1) is 16.8 Å².